The molecule has 1 fully saturated rings. The van der Waals surface area contributed by atoms with Crippen LogP contribution in [0, 0.1) is 12.7 Å². The van der Waals surface area contributed by atoms with E-state index < -0.39 is 5.82 Å². The quantitative estimate of drug-likeness (QED) is 0.638. The minimum Gasteiger partial charge on any atom is -0.352 e. The standard InChI is InChI=1S/C17H16BrFN6O/c1-11-20-21-15-4-5-16(22-25(11)15)23-6-8-24(9-7-23)17(26)13-3-2-12(18)10-14(13)19/h2-5,10H,6-9H2,1H3. The van der Waals surface area contributed by atoms with Crippen molar-refractivity contribution in [2.45, 2.75) is 6.92 Å². The lowest BCUT2D eigenvalue weighted by atomic mass is 10.1. The molecule has 1 aliphatic rings. The summed E-state index contributed by atoms with van der Waals surface area (Å²) in [4.78, 5) is 16.3. The smallest absolute Gasteiger partial charge is 0.256 e. The van der Waals surface area contributed by atoms with Gasteiger partial charge in [-0.05, 0) is 37.3 Å². The van der Waals surface area contributed by atoms with Gasteiger partial charge in [-0.15, -0.1) is 15.3 Å². The summed E-state index contributed by atoms with van der Waals surface area (Å²) in [6.45, 7) is 4.12. The van der Waals surface area contributed by atoms with E-state index in [1.165, 1.54) is 12.1 Å². The first-order valence-electron chi connectivity index (χ1n) is 8.21. The number of hydrogen-bond donors (Lipinski definition) is 0. The average Bonchev–Trinajstić information content (AvgIpc) is 3.02. The molecule has 0 radical (unpaired) electrons. The Labute approximate surface area is 157 Å². The maximum Gasteiger partial charge on any atom is 0.256 e. The zero-order valence-electron chi connectivity index (χ0n) is 14.1. The number of carbonyl (C=O) groups excluding carboxylic acids is 1. The first-order chi connectivity index (χ1) is 12.5. The minimum atomic E-state index is -0.512. The average molecular weight is 419 g/mol. The highest BCUT2D eigenvalue weighted by molar-refractivity contribution is 9.10. The van der Waals surface area contributed by atoms with Crippen LogP contribution in [0.1, 0.15) is 16.2 Å². The van der Waals surface area contributed by atoms with Gasteiger partial charge in [0.15, 0.2) is 11.5 Å². The molecule has 3 heterocycles. The van der Waals surface area contributed by atoms with E-state index in [9.17, 15) is 9.18 Å². The van der Waals surface area contributed by atoms with Crippen LogP contribution in [-0.4, -0.2) is 56.8 Å². The summed E-state index contributed by atoms with van der Waals surface area (Å²) >= 11 is 3.20. The Bertz CT molecular complexity index is 983. The van der Waals surface area contributed by atoms with E-state index in [1.807, 2.05) is 19.1 Å². The summed E-state index contributed by atoms with van der Waals surface area (Å²) in [6, 6.07) is 8.27. The van der Waals surface area contributed by atoms with Crippen LogP contribution in [0.2, 0.25) is 0 Å². The zero-order valence-corrected chi connectivity index (χ0v) is 15.6. The van der Waals surface area contributed by atoms with Crippen molar-refractivity contribution in [3.63, 3.8) is 0 Å². The molecule has 4 rings (SSSR count). The van der Waals surface area contributed by atoms with E-state index in [1.54, 1.807) is 15.5 Å². The highest BCUT2D eigenvalue weighted by atomic mass is 79.9. The monoisotopic (exact) mass is 418 g/mol. The summed E-state index contributed by atoms with van der Waals surface area (Å²) in [7, 11) is 0. The van der Waals surface area contributed by atoms with Crippen molar-refractivity contribution in [2.75, 3.05) is 31.1 Å². The number of fused-ring (bicyclic) bond motifs is 1. The third-order valence-corrected chi connectivity index (χ3v) is 4.95. The molecule has 7 nitrogen and oxygen atoms in total. The first-order valence-corrected chi connectivity index (χ1v) is 9.00. The van der Waals surface area contributed by atoms with Gasteiger partial charge in [0, 0.05) is 30.7 Å². The maximum absolute atomic E-state index is 14.0. The summed E-state index contributed by atoms with van der Waals surface area (Å²) < 4.78 is 16.4. The number of hydrogen-bond acceptors (Lipinski definition) is 5. The highest BCUT2D eigenvalue weighted by Crippen LogP contribution is 2.19. The first kappa shape index (κ1) is 16.9. The van der Waals surface area contributed by atoms with E-state index in [-0.39, 0.29) is 11.5 Å². The number of carbonyl (C=O) groups is 1. The van der Waals surface area contributed by atoms with Gasteiger partial charge in [-0.1, -0.05) is 15.9 Å². The van der Waals surface area contributed by atoms with Gasteiger partial charge in [0.25, 0.3) is 5.91 Å². The molecule has 0 atom stereocenters. The van der Waals surface area contributed by atoms with Crippen LogP contribution in [-0.2, 0) is 0 Å². The molecule has 0 bridgehead atoms. The molecular formula is C17H16BrFN6O. The van der Waals surface area contributed by atoms with Gasteiger partial charge in [-0.2, -0.15) is 4.52 Å². The lowest BCUT2D eigenvalue weighted by molar-refractivity contribution is 0.0741. The number of amides is 1. The van der Waals surface area contributed by atoms with E-state index in [4.69, 9.17) is 0 Å². The number of benzene rings is 1. The number of halogens is 2. The Morgan fingerprint density at radius 1 is 1.12 bits per heavy atom. The lowest BCUT2D eigenvalue weighted by Gasteiger charge is -2.35. The summed E-state index contributed by atoms with van der Waals surface area (Å²) in [5, 5.41) is 12.6. The SMILES string of the molecule is Cc1nnc2ccc(N3CCN(C(=O)c4ccc(Br)cc4F)CC3)nn12. The Morgan fingerprint density at radius 2 is 1.88 bits per heavy atom. The van der Waals surface area contributed by atoms with Crippen molar-refractivity contribution in [1.29, 1.82) is 0 Å². The second-order valence-corrected chi connectivity index (χ2v) is 7.03. The van der Waals surface area contributed by atoms with Crippen molar-refractivity contribution < 1.29 is 9.18 Å². The minimum absolute atomic E-state index is 0.0984. The van der Waals surface area contributed by atoms with Crippen molar-refractivity contribution in [1.82, 2.24) is 24.7 Å². The molecule has 0 N–H and O–H groups in total. The zero-order chi connectivity index (χ0) is 18.3. The largest absolute Gasteiger partial charge is 0.352 e. The normalized spacial score (nSPS) is 14.9. The Kier molecular flexibility index (Phi) is 4.31. The number of rotatable bonds is 2. The number of piperazine rings is 1. The van der Waals surface area contributed by atoms with Crippen molar-refractivity contribution in [2.24, 2.45) is 0 Å². The third kappa shape index (κ3) is 3.03. The predicted octanol–water partition coefficient (Wildman–Crippen LogP) is 2.30. The van der Waals surface area contributed by atoms with E-state index in [0.29, 0.717) is 36.3 Å². The maximum atomic E-state index is 14.0. The van der Waals surface area contributed by atoms with Gasteiger partial charge in [0.1, 0.15) is 11.6 Å². The second kappa shape index (κ2) is 6.64. The molecule has 134 valence electrons. The van der Waals surface area contributed by atoms with Gasteiger partial charge >= 0.3 is 0 Å². The number of anilines is 1. The fourth-order valence-electron chi connectivity index (χ4n) is 3.03. The number of nitrogens with zero attached hydrogens (tertiary/aromatic N) is 6. The van der Waals surface area contributed by atoms with Crippen molar-refractivity contribution in [3.05, 3.63) is 52.0 Å². The van der Waals surface area contributed by atoms with Crippen molar-refractivity contribution in [3.8, 4) is 0 Å². The molecule has 1 amide bonds. The summed E-state index contributed by atoms with van der Waals surface area (Å²) in [5.41, 5.74) is 0.798. The van der Waals surface area contributed by atoms with Gasteiger partial charge in [0.05, 0.1) is 5.56 Å². The molecule has 3 aromatic rings. The molecule has 0 unspecified atom stereocenters. The van der Waals surface area contributed by atoms with Crippen molar-refractivity contribution >= 4 is 33.3 Å². The summed E-state index contributed by atoms with van der Waals surface area (Å²) in [6.07, 6.45) is 0. The van der Waals surface area contributed by atoms with Crippen LogP contribution < -0.4 is 4.90 Å². The van der Waals surface area contributed by atoms with Gasteiger partial charge in [-0.3, -0.25) is 4.79 Å². The van der Waals surface area contributed by atoms with Gasteiger partial charge in [0.2, 0.25) is 0 Å². The molecule has 9 heteroatoms. The number of aromatic nitrogens is 4. The fourth-order valence-corrected chi connectivity index (χ4v) is 3.36. The lowest BCUT2D eigenvalue weighted by Crippen LogP contribution is -2.49. The molecule has 0 aliphatic carbocycles. The molecule has 1 aromatic carbocycles. The number of aryl methyl sites for hydroxylation is 1. The molecule has 1 saturated heterocycles. The van der Waals surface area contributed by atoms with E-state index in [0.717, 1.165) is 11.6 Å². The molecule has 26 heavy (non-hydrogen) atoms. The van der Waals surface area contributed by atoms with Crippen LogP contribution in [0.15, 0.2) is 34.8 Å². The Balaban J connectivity index is 1.47. The van der Waals surface area contributed by atoms with E-state index in [2.05, 4.69) is 36.1 Å². The fraction of sp³-hybridized carbons (Fsp3) is 0.294. The predicted molar refractivity (Wildman–Crippen MR) is 97.7 cm³/mol. The van der Waals surface area contributed by atoms with Crippen LogP contribution in [0.5, 0.6) is 0 Å². The highest BCUT2D eigenvalue weighted by Gasteiger charge is 2.25. The Hall–Kier alpha value is -2.55. The molecule has 2 aromatic heterocycles. The van der Waals surface area contributed by atoms with E-state index >= 15 is 0 Å². The third-order valence-electron chi connectivity index (χ3n) is 4.46. The molecular weight excluding hydrogens is 403 g/mol. The molecule has 1 aliphatic heterocycles. The topological polar surface area (TPSA) is 66.6 Å². The second-order valence-electron chi connectivity index (χ2n) is 6.11. The van der Waals surface area contributed by atoms with Crippen LogP contribution >= 0.6 is 15.9 Å². The summed E-state index contributed by atoms with van der Waals surface area (Å²) in [5.74, 6) is 0.735. The van der Waals surface area contributed by atoms with Gasteiger partial charge in [-0.25, -0.2) is 4.39 Å². The van der Waals surface area contributed by atoms with Gasteiger partial charge < -0.3 is 9.80 Å². The Morgan fingerprint density at radius 3 is 2.62 bits per heavy atom. The molecule has 0 saturated carbocycles. The van der Waals surface area contributed by atoms with Crippen LogP contribution in [0.25, 0.3) is 5.65 Å². The van der Waals surface area contributed by atoms with Crippen LogP contribution in [0.3, 0.4) is 0 Å². The van der Waals surface area contributed by atoms with Crippen LogP contribution in [0.4, 0.5) is 10.2 Å². The molecule has 0 spiro atoms.